The van der Waals surface area contributed by atoms with E-state index in [0.29, 0.717) is 5.75 Å². The van der Waals surface area contributed by atoms with E-state index >= 15 is 0 Å². The monoisotopic (exact) mass is 366 g/mol. The lowest BCUT2D eigenvalue weighted by atomic mass is 10.1. The van der Waals surface area contributed by atoms with Crippen LogP contribution in [0.25, 0.3) is 0 Å². The zero-order valence-corrected chi connectivity index (χ0v) is 13.0. The van der Waals surface area contributed by atoms with E-state index in [1.165, 1.54) is 24.3 Å². The first kappa shape index (κ1) is 16.2. The summed E-state index contributed by atoms with van der Waals surface area (Å²) in [7, 11) is 0. The molecule has 0 N–H and O–H groups in total. The smallest absolute Gasteiger partial charge is 0.344 e. The minimum atomic E-state index is -0.654. The van der Waals surface area contributed by atoms with Gasteiger partial charge in [-0.1, -0.05) is 15.9 Å². The van der Waals surface area contributed by atoms with Crippen LogP contribution in [-0.2, 0) is 9.53 Å². The van der Waals surface area contributed by atoms with Crippen molar-refractivity contribution in [3.05, 3.63) is 64.4 Å². The van der Waals surface area contributed by atoms with E-state index in [2.05, 4.69) is 15.9 Å². The summed E-state index contributed by atoms with van der Waals surface area (Å²) in [6.45, 7) is -0.702. The van der Waals surface area contributed by atoms with Gasteiger partial charge in [-0.05, 0) is 48.5 Å². The van der Waals surface area contributed by atoms with Gasteiger partial charge in [0.05, 0.1) is 0 Å². The summed E-state index contributed by atoms with van der Waals surface area (Å²) in [6.07, 6.45) is 0. The molecule has 114 valence electrons. The number of rotatable bonds is 6. The molecular weight excluding hydrogens is 355 g/mol. The normalized spacial score (nSPS) is 10.1. The molecule has 0 spiro atoms. The van der Waals surface area contributed by atoms with Gasteiger partial charge in [-0.2, -0.15) is 0 Å². The van der Waals surface area contributed by atoms with Crippen LogP contribution < -0.4 is 4.74 Å². The lowest BCUT2D eigenvalue weighted by Gasteiger charge is -2.07. The molecule has 0 radical (unpaired) electrons. The van der Waals surface area contributed by atoms with E-state index in [4.69, 9.17) is 9.47 Å². The Kier molecular flexibility index (Phi) is 5.66. The van der Waals surface area contributed by atoms with Gasteiger partial charge in [0.2, 0.25) is 0 Å². The topological polar surface area (TPSA) is 52.6 Å². The van der Waals surface area contributed by atoms with Gasteiger partial charge in [0, 0.05) is 10.0 Å². The van der Waals surface area contributed by atoms with Gasteiger partial charge in [0.25, 0.3) is 0 Å². The Morgan fingerprint density at radius 1 is 0.955 bits per heavy atom. The fourth-order valence-electron chi connectivity index (χ4n) is 1.58. The SMILES string of the molecule is O=C(COc1ccc(Br)cc1)OCC(=O)c1ccc(F)cc1. The van der Waals surface area contributed by atoms with Crippen LogP contribution in [0.1, 0.15) is 10.4 Å². The van der Waals surface area contributed by atoms with Gasteiger partial charge in [0.15, 0.2) is 19.0 Å². The van der Waals surface area contributed by atoms with E-state index in [1.807, 2.05) is 0 Å². The fourth-order valence-corrected chi connectivity index (χ4v) is 1.84. The maximum absolute atomic E-state index is 12.7. The summed E-state index contributed by atoms with van der Waals surface area (Å²) in [5.41, 5.74) is 0.281. The van der Waals surface area contributed by atoms with Crippen molar-refractivity contribution in [1.82, 2.24) is 0 Å². The second kappa shape index (κ2) is 7.70. The molecule has 0 heterocycles. The number of benzene rings is 2. The van der Waals surface area contributed by atoms with E-state index in [0.717, 1.165) is 4.47 Å². The summed E-state index contributed by atoms with van der Waals surface area (Å²) >= 11 is 3.28. The average Bonchev–Trinajstić information content (AvgIpc) is 2.52. The molecule has 0 saturated heterocycles. The minimum absolute atomic E-state index is 0.281. The largest absolute Gasteiger partial charge is 0.482 e. The highest BCUT2D eigenvalue weighted by atomic mass is 79.9. The Bertz CT molecular complexity index is 653. The van der Waals surface area contributed by atoms with Gasteiger partial charge < -0.3 is 9.47 Å². The van der Waals surface area contributed by atoms with Crippen molar-refractivity contribution in [1.29, 1.82) is 0 Å². The maximum Gasteiger partial charge on any atom is 0.344 e. The molecule has 2 aromatic carbocycles. The first-order valence-corrected chi connectivity index (χ1v) is 7.16. The number of Topliss-reactive ketones (excluding diaryl/α,β-unsaturated/α-hetero) is 1. The summed E-state index contributed by atoms with van der Waals surface area (Å²) in [5.74, 6) is -0.975. The number of ether oxygens (including phenoxy) is 2. The first-order chi connectivity index (χ1) is 10.5. The average molecular weight is 367 g/mol. The molecule has 2 aromatic rings. The molecule has 22 heavy (non-hydrogen) atoms. The number of carbonyl (C=O) groups excluding carboxylic acids is 2. The van der Waals surface area contributed by atoms with E-state index in [1.54, 1.807) is 24.3 Å². The highest BCUT2D eigenvalue weighted by molar-refractivity contribution is 9.10. The summed E-state index contributed by atoms with van der Waals surface area (Å²) < 4.78 is 23.7. The molecule has 4 nitrogen and oxygen atoms in total. The molecule has 2 rings (SSSR count). The zero-order valence-electron chi connectivity index (χ0n) is 11.4. The number of hydrogen-bond acceptors (Lipinski definition) is 4. The lowest BCUT2D eigenvalue weighted by Crippen LogP contribution is -2.19. The molecule has 0 aromatic heterocycles. The van der Waals surface area contributed by atoms with Crippen LogP contribution in [0.3, 0.4) is 0 Å². The van der Waals surface area contributed by atoms with Gasteiger partial charge >= 0.3 is 5.97 Å². The first-order valence-electron chi connectivity index (χ1n) is 6.37. The summed E-state index contributed by atoms with van der Waals surface area (Å²) in [4.78, 5) is 23.2. The number of hydrogen-bond donors (Lipinski definition) is 0. The number of ketones is 1. The number of esters is 1. The Labute approximate surface area is 135 Å². The third-order valence-corrected chi connectivity index (χ3v) is 3.23. The van der Waals surface area contributed by atoms with Crippen molar-refractivity contribution >= 4 is 27.7 Å². The molecular formula is C16H12BrFO4. The van der Waals surface area contributed by atoms with E-state index in [-0.39, 0.29) is 12.2 Å². The Morgan fingerprint density at radius 3 is 2.23 bits per heavy atom. The molecule has 0 aliphatic carbocycles. The molecule has 0 amide bonds. The molecule has 0 bridgehead atoms. The van der Waals surface area contributed by atoms with Crippen LogP contribution >= 0.6 is 15.9 Å². The van der Waals surface area contributed by atoms with Gasteiger partial charge in [-0.25, -0.2) is 9.18 Å². The highest BCUT2D eigenvalue weighted by Gasteiger charge is 2.10. The van der Waals surface area contributed by atoms with Gasteiger partial charge in [-0.15, -0.1) is 0 Å². The third kappa shape index (κ3) is 4.96. The van der Waals surface area contributed by atoms with E-state index < -0.39 is 24.2 Å². The van der Waals surface area contributed by atoms with Crippen LogP contribution in [-0.4, -0.2) is 25.0 Å². The standard InChI is InChI=1S/C16H12BrFO4/c17-12-3-7-14(8-4-12)21-10-16(20)22-9-15(19)11-1-5-13(18)6-2-11/h1-8H,9-10H2. The van der Waals surface area contributed by atoms with Crippen LogP contribution in [0.2, 0.25) is 0 Å². The predicted molar refractivity (Wildman–Crippen MR) is 81.3 cm³/mol. The van der Waals surface area contributed by atoms with Crippen molar-refractivity contribution in [3.63, 3.8) is 0 Å². The Morgan fingerprint density at radius 2 is 1.59 bits per heavy atom. The third-order valence-electron chi connectivity index (χ3n) is 2.70. The number of halogens is 2. The van der Waals surface area contributed by atoms with Crippen molar-refractivity contribution in [2.24, 2.45) is 0 Å². The van der Waals surface area contributed by atoms with Crippen LogP contribution in [0, 0.1) is 5.82 Å². The van der Waals surface area contributed by atoms with Crippen LogP contribution in [0.4, 0.5) is 4.39 Å². The highest BCUT2D eigenvalue weighted by Crippen LogP contribution is 2.15. The molecule has 0 atom stereocenters. The van der Waals surface area contributed by atoms with Crippen LogP contribution in [0.5, 0.6) is 5.75 Å². The Balaban J connectivity index is 1.76. The fraction of sp³-hybridized carbons (Fsp3) is 0.125. The zero-order chi connectivity index (χ0) is 15.9. The second-order valence-electron chi connectivity index (χ2n) is 4.33. The predicted octanol–water partition coefficient (Wildman–Crippen LogP) is 3.39. The summed E-state index contributed by atoms with van der Waals surface area (Å²) in [6, 6.07) is 12.0. The molecule has 0 aliphatic heterocycles. The minimum Gasteiger partial charge on any atom is -0.482 e. The maximum atomic E-state index is 12.7. The van der Waals surface area contributed by atoms with Crippen molar-refractivity contribution < 1.29 is 23.5 Å². The van der Waals surface area contributed by atoms with Crippen molar-refractivity contribution in [2.75, 3.05) is 13.2 Å². The number of carbonyl (C=O) groups is 2. The van der Waals surface area contributed by atoms with Crippen molar-refractivity contribution in [3.8, 4) is 5.75 Å². The van der Waals surface area contributed by atoms with E-state index in [9.17, 15) is 14.0 Å². The quantitative estimate of drug-likeness (QED) is 0.580. The second-order valence-corrected chi connectivity index (χ2v) is 5.25. The molecule has 0 unspecified atom stereocenters. The lowest BCUT2D eigenvalue weighted by molar-refractivity contribution is -0.144. The van der Waals surface area contributed by atoms with Crippen molar-refractivity contribution in [2.45, 2.75) is 0 Å². The van der Waals surface area contributed by atoms with Crippen LogP contribution in [0.15, 0.2) is 53.0 Å². The van der Waals surface area contributed by atoms with Gasteiger partial charge in [0.1, 0.15) is 11.6 Å². The Hall–Kier alpha value is -2.21. The summed E-state index contributed by atoms with van der Waals surface area (Å²) in [5, 5.41) is 0. The molecule has 0 aliphatic rings. The molecule has 6 heteroatoms. The molecule has 0 fully saturated rings. The molecule has 0 saturated carbocycles. The van der Waals surface area contributed by atoms with Gasteiger partial charge in [-0.3, -0.25) is 4.79 Å².